The second kappa shape index (κ2) is 7.01. The Labute approximate surface area is 112 Å². The molecule has 1 amide bonds. The standard InChI is InChI=1S/C11H14F4N4O/c1-2-3-17-8-5-16-4-7(19-8)9(20)18-6-11(14,15)10(12)13/h4-5,10H,2-3,6H2,1H3,(H,17,19)(H,18,20). The van der Waals surface area contributed by atoms with Gasteiger partial charge in [-0.3, -0.25) is 9.78 Å². The van der Waals surface area contributed by atoms with Gasteiger partial charge in [0, 0.05) is 6.54 Å². The minimum Gasteiger partial charge on any atom is -0.369 e. The first kappa shape index (κ1) is 16.1. The van der Waals surface area contributed by atoms with Crippen LogP contribution >= 0.6 is 0 Å². The fourth-order valence-electron chi connectivity index (χ4n) is 1.18. The summed E-state index contributed by atoms with van der Waals surface area (Å²) in [6, 6.07) is 0. The Morgan fingerprint density at radius 3 is 2.70 bits per heavy atom. The summed E-state index contributed by atoms with van der Waals surface area (Å²) in [6.45, 7) is 1.06. The van der Waals surface area contributed by atoms with Crippen LogP contribution in [0.25, 0.3) is 0 Å². The van der Waals surface area contributed by atoms with Gasteiger partial charge >= 0.3 is 12.3 Å². The van der Waals surface area contributed by atoms with Crippen molar-refractivity contribution in [1.82, 2.24) is 15.3 Å². The van der Waals surface area contributed by atoms with Crippen molar-refractivity contribution in [2.24, 2.45) is 0 Å². The molecule has 0 fully saturated rings. The third kappa shape index (κ3) is 4.63. The molecule has 0 aromatic carbocycles. The minimum absolute atomic E-state index is 0.226. The van der Waals surface area contributed by atoms with Crippen LogP contribution in [-0.4, -0.2) is 41.3 Å². The lowest BCUT2D eigenvalue weighted by molar-refractivity contribution is -0.123. The van der Waals surface area contributed by atoms with E-state index in [1.165, 1.54) is 6.20 Å². The van der Waals surface area contributed by atoms with E-state index in [4.69, 9.17) is 0 Å². The summed E-state index contributed by atoms with van der Waals surface area (Å²) in [4.78, 5) is 19.1. The summed E-state index contributed by atoms with van der Waals surface area (Å²) in [6.07, 6.45) is -0.599. The van der Waals surface area contributed by atoms with E-state index in [1.807, 2.05) is 6.92 Å². The van der Waals surface area contributed by atoms with Crippen molar-refractivity contribution in [3.05, 3.63) is 18.1 Å². The third-order valence-electron chi connectivity index (χ3n) is 2.23. The number of nitrogens with zero attached hydrogens (tertiary/aromatic N) is 2. The average molecular weight is 294 g/mol. The molecule has 0 atom stereocenters. The fourth-order valence-corrected chi connectivity index (χ4v) is 1.18. The van der Waals surface area contributed by atoms with Gasteiger partial charge in [-0.05, 0) is 6.42 Å². The maximum absolute atomic E-state index is 12.7. The van der Waals surface area contributed by atoms with Gasteiger partial charge < -0.3 is 10.6 Å². The minimum atomic E-state index is -4.28. The lowest BCUT2D eigenvalue weighted by Crippen LogP contribution is -2.41. The Balaban J connectivity index is 2.63. The average Bonchev–Trinajstić information content (AvgIpc) is 2.42. The number of carbonyl (C=O) groups is 1. The maximum Gasteiger partial charge on any atom is 0.324 e. The van der Waals surface area contributed by atoms with Gasteiger partial charge in [-0.2, -0.15) is 8.78 Å². The van der Waals surface area contributed by atoms with E-state index in [-0.39, 0.29) is 5.69 Å². The van der Waals surface area contributed by atoms with Gasteiger partial charge in [0.2, 0.25) is 0 Å². The second-order valence-corrected chi connectivity index (χ2v) is 3.96. The van der Waals surface area contributed by atoms with Gasteiger partial charge in [-0.1, -0.05) is 6.92 Å². The first-order valence-electron chi connectivity index (χ1n) is 5.87. The van der Waals surface area contributed by atoms with E-state index in [9.17, 15) is 22.4 Å². The largest absolute Gasteiger partial charge is 0.369 e. The van der Waals surface area contributed by atoms with Crippen LogP contribution in [0.1, 0.15) is 23.8 Å². The summed E-state index contributed by atoms with van der Waals surface area (Å²) in [5, 5.41) is 4.56. The van der Waals surface area contributed by atoms with Crippen LogP contribution < -0.4 is 10.6 Å². The molecule has 0 saturated carbocycles. The lowest BCUT2D eigenvalue weighted by Gasteiger charge is -2.15. The fraction of sp³-hybridized carbons (Fsp3) is 0.545. The summed E-state index contributed by atoms with van der Waals surface area (Å²) < 4.78 is 49.2. The molecule has 1 aromatic heterocycles. The molecule has 1 heterocycles. The summed E-state index contributed by atoms with van der Waals surface area (Å²) >= 11 is 0. The molecule has 0 bridgehead atoms. The Bertz CT molecular complexity index is 456. The summed E-state index contributed by atoms with van der Waals surface area (Å²) in [5.74, 6) is -4.96. The molecule has 0 radical (unpaired) electrons. The van der Waals surface area contributed by atoms with Crippen molar-refractivity contribution in [1.29, 1.82) is 0 Å². The van der Waals surface area contributed by atoms with E-state index < -0.39 is 24.8 Å². The van der Waals surface area contributed by atoms with Gasteiger partial charge in [-0.15, -0.1) is 0 Å². The normalized spacial score (nSPS) is 11.5. The molecular formula is C11H14F4N4O. The first-order valence-corrected chi connectivity index (χ1v) is 5.87. The van der Waals surface area contributed by atoms with Gasteiger partial charge in [0.15, 0.2) is 0 Å². The Hall–Kier alpha value is -1.93. The molecule has 5 nitrogen and oxygen atoms in total. The molecule has 1 rings (SSSR count). The van der Waals surface area contributed by atoms with Crippen LogP contribution in [0.2, 0.25) is 0 Å². The zero-order valence-corrected chi connectivity index (χ0v) is 10.7. The number of carbonyl (C=O) groups excluding carboxylic acids is 1. The van der Waals surface area contributed by atoms with Crippen LogP contribution in [0.5, 0.6) is 0 Å². The van der Waals surface area contributed by atoms with E-state index >= 15 is 0 Å². The molecule has 1 aromatic rings. The second-order valence-electron chi connectivity index (χ2n) is 3.96. The Morgan fingerprint density at radius 1 is 1.40 bits per heavy atom. The van der Waals surface area contributed by atoms with E-state index in [0.717, 1.165) is 12.6 Å². The van der Waals surface area contributed by atoms with Crippen molar-refractivity contribution in [3.63, 3.8) is 0 Å². The number of anilines is 1. The van der Waals surface area contributed by atoms with Gasteiger partial charge in [0.1, 0.15) is 11.5 Å². The van der Waals surface area contributed by atoms with Crippen molar-refractivity contribution < 1.29 is 22.4 Å². The highest BCUT2D eigenvalue weighted by Gasteiger charge is 2.40. The highest BCUT2D eigenvalue weighted by Crippen LogP contribution is 2.21. The van der Waals surface area contributed by atoms with Crippen LogP contribution in [0.3, 0.4) is 0 Å². The van der Waals surface area contributed by atoms with Gasteiger partial charge in [-0.25, -0.2) is 13.8 Å². The van der Waals surface area contributed by atoms with E-state index in [2.05, 4.69) is 15.3 Å². The highest BCUT2D eigenvalue weighted by molar-refractivity contribution is 5.92. The number of hydrogen-bond acceptors (Lipinski definition) is 4. The molecule has 112 valence electrons. The molecule has 0 aliphatic carbocycles. The number of nitrogens with one attached hydrogen (secondary N) is 2. The predicted molar refractivity (Wildman–Crippen MR) is 64.1 cm³/mol. The van der Waals surface area contributed by atoms with Gasteiger partial charge in [0.05, 0.1) is 18.9 Å². The van der Waals surface area contributed by atoms with E-state index in [1.54, 1.807) is 5.32 Å². The number of alkyl halides is 4. The topological polar surface area (TPSA) is 66.9 Å². The number of aromatic nitrogens is 2. The molecule has 0 aliphatic heterocycles. The van der Waals surface area contributed by atoms with Crippen molar-refractivity contribution in [2.45, 2.75) is 25.7 Å². The zero-order valence-electron chi connectivity index (χ0n) is 10.7. The molecule has 9 heteroatoms. The number of hydrogen-bond donors (Lipinski definition) is 2. The molecule has 0 spiro atoms. The van der Waals surface area contributed by atoms with Crippen LogP contribution in [0.15, 0.2) is 12.4 Å². The van der Waals surface area contributed by atoms with E-state index in [0.29, 0.717) is 12.4 Å². The summed E-state index contributed by atoms with van der Waals surface area (Å²) in [7, 11) is 0. The molecule has 0 aliphatic rings. The van der Waals surface area contributed by atoms with Crippen molar-refractivity contribution in [3.8, 4) is 0 Å². The molecule has 20 heavy (non-hydrogen) atoms. The van der Waals surface area contributed by atoms with Crippen LogP contribution in [0.4, 0.5) is 23.4 Å². The van der Waals surface area contributed by atoms with Gasteiger partial charge in [0.25, 0.3) is 5.91 Å². The van der Waals surface area contributed by atoms with Crippen LogP contribution in [-0.2, 0) is 0 Å². The van der Waals surface area contributed by atoms with Crippen LogP contribution in [0, 0.1) is 0 Å². The number of amides is 1. The monoisotopic (exact) mass is 294 g/mol. The molecule has 2 N–H and O–H groups in total. The van der Waals surface area contributed by atoms with Crippen molar-refractivity contribution >= 4 is 11.7 Å². The smallest absolute Gasteiger partial charge is 0.324 e. The number of halogens is 4. The van der Waals surface area contributed by atoms with Crippen molar-refractivity contribution in [2.75, 3.05) is 18.4 Å². The Morgan fingerprint density at radius 2 is 2.10 bits per heavy atom. The predicted octanol–water partition coefficient (Wildman–Crippen LogP) is 1.93. The Kier molecular flexibility index (Phi) is 5.66. The molecular weight excluding hydrogens is 280 g/mol. The maximum atomic E-state index is 12.7. The lowest BCUT2D eigenvalue weighted by atomic mass is 10.3. The number of rotatable bonds is 7. The SMILES string of the molecule is CCCNc1cncc(C(=O)NCC(F)(F)C(F)F)n1. The molecule has 0 unspecified atom stereocenters. The summed E-state index contributed by atoms with van der Waals surface area (Å²) in [5.41, 5.74) is -0.226. The first-order chi connectivity index (χ1) is 9.36. The molecule has 0 saturated heterocycles. The third-order valence-corrected chi connectivity index (χ3v) is 2.23. The quantitative estimate of drug-likeness (QED) is 0.754. The zero-order chi connectivity index (χ0) is 15.2. The highest BCUT2D eigenvalue weighted by atomic mass is 19.3.